The van der Waals surface area contributed by atoms with Crippen molar-refractivity contribution in [3.05, 3.63) is 58.5 Å². The third-order valence-corrected chi connectivity index (χ3v) is 6.03. The first kappa shape index (κ1) is 26.2. The highest BCUT2D eigenvalue weighted by molar-refractivity contribution is 8.18. The number of nitrogens with zero attached hydrogens (tertiary/aromatic N) is 1. The lowest BCUT2D eigenvalue weighted by Gasteiger charge is -2.13. The number of hydrogen-bond acceptors (Lipinski definition) is 7. The van der Waals surface area contributed by atoms with Crippen LogP contribution < -0.4 is 19.5 Å². The fraction of sp³-hybridized carbons (Fsp3) is 0.346. The minimum atomic E-state index is -0.381. The standard InChI is InChI=1S/C26H30N2O6S/c1-4-33-21-11-10-19(16-22(21)32-3)17-23-25(30)28(26(31)35-23)13-12-27-24(29)9-6-14-34-20-8-5-7-18(2)15-20/h5,7-8,10-11,15-17H,4,6,9,12-14H2,1-3H3,(H,27,29)/b23-17-. The number of imide groups is 1. The number of ether oxygens (including phenoxy) is 3. The normalized spacial score (nSPS) is 14.4. The van der Waals surface area contributed by atoms with Gasteiger partial charge in [-0.05, 0) is 73.5 Å². The van der Waals surface area contributed by atoms with Crippen molar-refractivity contribution in [1.82, 2.24) is 10.2 Å². The smallest absolute Gasteiger partial charge is 0.293 e. The second-order valence-corrected chi connectivity index (χ2v) is 8.79. The Morgan fingerprint density at radius 3 is 2.69 bits per heavy atom. The Morgan fingerprint density at radius 1 is 1.11 bits per heavy atom. The molecule has 1 saturated heterocycles. The highest BCUT2D eigenvalue weighted by atomic mass is 32.2. The molecule has 0 bridgehead atoms. The Hall–Kier alpha value is -3.46. The van der Waals surface area contributed by atoms with Gasteiger partial charge in [0.15, 0.2) is 11.5 Å². The fourth-order valence-electron chi connectivity index (χ4n) is 3.42. The summed E-state index contributed by atoms with van der Waals surface area (Å²) in [6.45, 7) is 5.12. The molecule has 0 atom stereocenters. The van der Waals surface area contributed by atoms with E-state index in [1.807, 2.05) is 38.1 Å². The lowest BCUT2D eigenvalue weighted by molar-refractivity contribution is -0.124. The van der Waals surface area contributed by atoms with Gasteiger partial charge in [0.2, 0.25) is 5.91 Å². The predicted molar refractivity (Wildman–Crippen MR) is 136 cm³/mol. The van der Waals surface area contributed by atoms with Gasteiger partial charge < -0.3 is 19.5 Å². The van der Waals surface area contributed by atoms with E-state index in [9.17, 15) is 14.4 Å². The average Bonchev–Trinajstić information content (AvgIpc) is 3.10. The number of thioether (sulfide) groups is 1. The van der Waals surface area contributed by atoms with E-state index in [0.717, 1.165) is 33.5 Å². The number of aryl methyl sites for hydroxylation is 1. The summed E-state index contributed by atoms with van der Waals surface area (Å²) in [6, 6.07) is 13.0. The van der Waals surface area contributed by atoms with Gasteiger partial charge in [0.1, 0.15) is 5.75 Å². The van der Waals surface area contributed by atoms with E-state index in [2.05, 4.69) is 5.32 Å². The van der Waals surface area contributed by atoms with Crippen LogP contribution in [0.2, 0.25) is 0 Å². The lowest BCUT2D eigenvalue weighted by atomic mass is 10.2. The molecule has 0 aliphatic carbocycles. The Labute approximate surface area is 209 Å². The number of nitrogens with one attached hydrogen (secondary N) is 1. The van der Waals surface area contributed by atoms with E-state index < -0.39 is 0 Å². The predicted octanol–water partition coefficient (Wildman–Crippen LogP) is 4.41. The molecule has 2 aromatic carbocycles. The summed E-state index contributed by atoms with van der Waals surface area (Å²) < 4.78 is 16.5. The number of rotatable bonds is 12. The molecule has 1 aliphatic rings. The quantitative estimate of drug-likeness (QED) is 0.342. The van der Waals surface area contributed by atoms with E-state index in [1.165, 1.54) is 0 Å². The summed E-state index contributed by atoms with van der Waals surface area (Å²) in [7, 11) is 1.54. The maximum atomic E-state index is 12.7. The zero-order valence-electron chi connectivity index (χ0n) is 20.2. The van der Waals surface area contributed by atoms with Gasteiger partial charge in [-0.15, -0.1) is 0 Å². The molecular weight excluding hydrogens is 468 g/mol. The summed E-state index contributed by atoms with van der Waals surface area (Å²) in [6.07, 6.45) is 2.51. The summed E-state index contributed by atoms with van der Waals surface area (Å²) >= 11 is 0.876. The number of hydrogen-bond donors (Lipinski definition) is 1. The van der Waals surface area contributed by atoms with Crippen molar-refractivity contribution in [3.63, 3.8) is 0 Å². The number of amides is 3. The summed E-state index contributed by atoms with van der Waals surface area (Å²) in [5.41, 5.74) is 1.83. The van der Waals surface area contributed by atoms with Crippen LogP contribution in [0.25, 0.3) is 6.08 Å². The summed E-state index contributed by atoms with van der Waals surface area (Å²) in [5, 5.41) is 2.40. The number of methoxy groups -OCH3 is 1. The van der Waals surface area contributed by atoms with Gasteiger partial charge in [-0.3, -0.25) is 19.3 Å². The zero-order chi connectivity index (χ0) is 25.2. The second kappa shape index (κ2) is 12.9. The molecule has 0 spiro atoms. The highest BCUT2D eigenvalue weighted by Gasteiger charge is 2.34. The molecular formula is C26H30N2O6S. The summed E-state index contributed by atoms with van der Waals surface area (Å²) in [4.78, 5) is 38.6. The van der Waals surface area contributed by atoms with Crippen molar-refractivity contribution >= 4 is 34.9 Å². The van der Waals surface area contributed by atoms with Crippen molar-refractivity contribution < 1.29 is 28.6 Å². The molecule has 2 aromatic rings. The molecule has 35 heavy (non-hydrogen) atoms. The minimum Gasteiger partial charge on any atom is -0.494 e. The maximum Gasteiger partial charge on any atom is 0.293 e. The molecule has 0 aromatic heterocycles. The van der Waals surface area contributed by atoms with Crippen molar-refractivity contribution in [3.8, 4) is 17.2 Å². The van der Waals surface area contributed by atoms with Gasteiger partial charge in [0, 0.05) is 19.5 Å². The Balaban J connectivity index is 1.44. The van der Waals surface area contributed by atoms with Crippen molar-refractivity contribution in [2.45, 2.75) is 26.7 Å². The monoisotopic (exact) mass is 498 g/mol. The van der Waals surface area contributed by atoms with Gasteiger partial charge in [-0.2, -0.15) is 0 Å². The van der Waals surface area contributed by atoms with Crippen molar-refractivity contribution in [1.29, 1.82) is 0 Å². The zero-order valence-corrected chi connectivity index (χ0v) is 21.0. The molecule has 1 aliphatic heterocycles. The number of carbonyl (C=O) groups is 3. The molecule has 9 heteroatoms. The molecule has 3 amide bonds. The molecule has 1 fully saturated rings. The molecule has 8 nitrogen and oxygen atoms in total. The van der Waals surface area contributed by atoms with Crippen LogP contribution in [0.1, 0.15) is 30.9 Å². The molecule has 3 rings (SSSR count). The highest BCUT2D eigenvalue weighted by Crippen LogP contribution is 2.34. The Kier molecular flexibility index (Phi) is 9.60. The SMILES string of the molecule is CCOc1ccc(/C=C2\SC(=O)N(CCNC(=O)CCCOc3cccc(C)c3)C2=O)cc1OC. The third-order valence-electron chi connectivity index (χ3n) is 5.12. The first-order chi connectivity index (χ1) is 16.9. The van der Waals surface area contributed by atoms with Crippen LogP contribution >= 0.6 is 11.8 Å². The largest absolute Gasteiger partial charge is 0.494 e. The van der Waals surface area contributed by atoms with E-state index in [0.29, 0.717) is 42.5 Å². The van der Waals surface area contributed by atoms with Crippen molar-refractivity contribution in [2.75, 3.05) is 33.4 Å². The molecule has 186 valence electrons. The Bertz CT molecular complexity index is 1100. The van der Waals surface area contributed by atoms with Crippen LogP contribution in [0.3, 0.4) is 0 Å². The molecule has 0 saturated carbocycles. The van der Waals surface area contributed by atoms with E-state index in [4.69, 9.17) is 14.2 Å². The van der Waals surface area contributed by atoms with Gasteiger partial charge in [0.05, 0.1) is 25.2 Å². The van der Waals surface area contributed by atoms with Gasteiger partial charge >= 0.3 is 0 Å². The minimum absolute atomic E-state index is 0.111. The fourth-order valence-corrected chi connectivity index (χ4v) is 4.28. The molecule has 1 N–H and O–H groups in total. The van der Waals surface area contributed by atoms with Gasteiger partial charge in [-0.1, -0.05) is 18.2 Å². The van der Waals surface area contributed by atoms with Crippen LogP contribution in [-0.2, 0) is 9.59 Å². The first-order valence-electron chi connectivity index (χ1n) is 11.4. The number of carbonyl (C=O) groups excluding carboxylic acids is 3. The second-order valence-electron chi connectivity index (χ2n) is 7.80. The number of benzene rings is 2. The van der Waals surface area contributed by atoms with Gasteiger partial charge in [0.25, 0.3) is 11.1 Å². The molecule has 0 unspecified atom stereocenters. The third kappa shape index (κ3) is 7.51. The maximum absolute atomic E-state index is 12.7. The van der Waals surface area contributed by atoms with Crippen LogP contribution in [0.15, 0.2) is 47.4 Å². The van der Waals surface area contributed by atoms with E-state index >= 15 is 0 Å². The van der Waals surface area contributed by atoms with Gasteiger partial charge in [-0.25, -0.2) is 0 Å². The van der Waals surface area contributed by atoms with Crippen molar-refractivity contribution in [2.24, 2.45) is 0 Å². The topological polar surface area (TPSA) is 94.2 Å². The first-order valence-corrected chi connectivity index (χ1v) is 12.2. The van der Waals surface area contributed by atoms with E-state index in [1.54, 1.807) is 31.4 Å². The van der Waals surface area contributed by atoms with Crippen LogP contribution in [0.5, 0.6) is 17.2 Å². The average molecular weight is 499 g/mol. The molecule has 1 heterocycles. The van der Waals surface area contributed by atoms with Crippen LogP contribution in [0, 0.1) is 6.92 Å². The van der Waals surface area contributed by atoms with E-state index in [-0.39, 0.29) is 30.1 Å². The Morgan fingerprint density at radius 2 is 1.94 bits per heavy atom. The van der Waals surface area contributed by atoms with Crippen LogP contribution in [0.4, 0.5) is 4.79 Å². The lowest BCUT2D eigenvalue weighted by Crippen LogP contribution is -2.37. The summed E-state index contributed by atoms with van der Waals surface area (Å²) in [5.74, 6) is 1.40. The van der Waals surface area contributed by atoms with Crippen LogP contribution in [-0.4, -0.2) is 55.4 Å². The molecule has 0 radical (unpaired) electrons.